The van der Waals surface area contributed by atoms with Crippen molar-refractivity contribution in [1.82, 2.24) is 14.7 Å². The van der Waals surface area contributed by atoms with Crippen LogP contribution >= 0.6 is 11.6 Å². The van der Waals surface area contributed by atoms with Crippen LogP contribution in [0, 0.1) is 0 Å². The topological polar surface area (TPSA) is 33.1 Å². The first-order valence-electron chi connectivity index (χ1n) is 11.4. The Kier molecular flexibility index (Phi) is 5.31. The number of likely N-dealkylation sites (tertiary alicyclic amines) is 1. The van der Waals surface area contributed by atoms with Crippen molar-refractivity contribution >= 4 is 28.2 Å². The Labute approximate surface area is 189 Å². The summed E-state index contributed by atoms with van der Waals surface area (Å²) in [5, 5.41) is 10.1. The summed E-state index contributed by atoms with van der Waals surface area (Å²) in [7, 11) is 0. The molecule has 0 saturated carbocycles. The van der Waals surface area contributed by atoms with Crippen LogP contribution in [0.1, 0.15) is 50.3 Å². The van der Waals surface area contributed by atoms with Crippen molar-refractivity contribution in [2.75, 3.05) is 25.0 Å². The zero-order chi connectivity index (χ0) is 21.6. The molecule has 1 N–H and O–H groups in total. The number of hydrogen-bond acceptors (Lipinski definition) is 3. The van der Waals surface area contributed by atoms with Crippen LogP contribution in [0.2, 0.25) is 5.02 Å². The van der Waals surface area contributed by atoms with Crippen LogP contribution in [0.4, 0.5) is 5.69 Å². The summed E-state index contributed by atoms with van der Waals surface area (Å²) >= 11 is 6.31. The Balaban J connectivity index is 1.18. The summed E-state index contributed by atoms with van der Waals surface area (Å²) in [6, 6.07) is 13.4. The van der Waals surface area contributed by atoms with E-state index in [-0.39, 0.29) is 5.41 Å². The fourth-order valence-corrected chi connectivity index (χ4v) is 5.54. The number of nitrogens with zero attached hydrogens (tertiary/aromatic N) is 3. The molecule has 3 aromatic rings. The largest absolute Gasteiger partial charge is 0.358 e. The number of nitrogens with one attached hydrogen (secondary N) is 1. The van der Waals surface area contributed by atoms with E-state index in [1.807, 2.05) is 12.3 Å². The lowest BCUT2D eigenvalue weighted by Gasteiger charge is -2.40. The molecule has 1 aromatic heterocycles. The number of benzene rings is 2. The van der Waals surface area contributed by atoms with Gasteiger partial charge in [-0.1, -0.05) is 24.2 Å². The molecule has 5 heteroatoms. The quantitative estimate of drug-likeness (QED) is 0.520. The summed E-state index contributed by atoms with van der Waals surface area (Å²) in [5.41, 5.74) is 6.32. The van der Waals surface area contributed by atoms with Crippen LogP contribution < -0.4 is 5.32 Å². The minimum Gasteiger partial charge on any atom is -0.358 e. The van der Waals surface area contributed by atoms with E-state index in [1.165, 1.54) is 34.1 Å². The zero-order valence-corrected chi connectivity index (χ0v) is 19.3. The van der Waals surface area contributed by atoms with Gasteiger partial charge in [-0.25, -0.2) is 0 Å². The lowest BCUT2D eigenvalue weighted by Crippen LogP contribution is -2.43. The third-order valence-corrected chi connectivity index (χ3v) is 7.39. The van der Waals surface area contributed by atoms with E-state index in [1.54, 1.807) is 0 Å². The van der Waals surface area contributed by atoms with Crippen LogP contribution in [-0.2, 0) is 11.8 Å². The molecule has 2 aromatic carbocycles. The van der Waals surface area contributed by atoms with Crippen LogP contribution in [0.3, 0.4) is 0 Å². The van der Waals surface area contributed by atoms with Crippen molar-refractivity contribution in [3.8, 4) is 0 Å². The predicted octanol–water partition coefficient (Wildman–Crippen LogP) is 6.18. The van der Waals surface area contributed by atoms with Crippen LogP contribution in [0.5, 0.6) is 0 Å². The highest BCUT2D eigenvalue weighted by Gasteiger charge is 2.44. The van der Waals surface area contributed by atoms with Gasteiger partial charge < -0.3 is 10.2 Å². The van der Waals surface area contributed by atoms with Crippen LogP contribution in [0.25, 0.3) is 10.9 Å². The average Bonchev–Trinajstić information content (AvgIpc) is 3.29. The second-order valence-electron chi connectivity index (χ2n) is 9.40. The van der Waals surface area contributed by atoms with Gasteiger partial charge >= 0.3 is 0 Å². The van der Waals surface area contributed by atoms with E-state index in [0.29, 0.717) is 6.04 Å². The number of aromatic nitrogens is 2. The lowest BCUT2D eigenvalue weighted by atomic mass is 9.72. The number of fused-ring (bicyclic) bond motifs is 3. The molecule has 1 fully saturated rings. The van der Waals surface area contributed by atoms with Crippen molar-refractivity contribution in [2.24, 2.45) is 0 Å². The predicted molar refractivity (Wildman–Crippen MR) is 130 cm³/mol. The first kappa shape index (κ1) is 20.6. The standard InChI is InChI=1S/C26H31ClN4/c1-18(2)31-25-9-6-20(15-21(25)17-28-31)5-4-12-30-13-10-26(11-14-30)19(3)29-24-8-7-22(27)16-23(24)26/h6-9,15-18,29H,3-5,10-14H2,1-2H3. The fourth-order valence-electron chi connectivity index (χ4n) is 5.37. The molecule has 1 spiro atoms. The molecule has 4 nitrogen and oxygen atoms in total. The highest BCUT2D eigenvalue weighted by molar-refractivity contribution is 6.30. The Morgan fingerprint density at radius 1 is 1.16 bits per heavy atom. The Bertz CT molecular complexity index is 1120. The summed E-state index contributed by atoms with van der Waals surface area (Å²) in [6.07, 6.45) is 6.49. The summed E-state index contributed by atoms with van der Waals surface area (Å²) in [6.45, 7) is 12.1. The molecule has 0 radical (unpaired) electrons. The van der Waals surface area contributed by atoms with E-state index in [9.17, 15) is 0 Å². The van der Waals surface area contributed by atoms with Gasteiger partial charge in [0.2, 0.25) is 0 Å². The van der Waals surface area contributed by atoms with Crippen molar-refractivity contribution < 1.29 is 0 Å². The van der Waals surface area contributed by atoms with E-state index < -0.39 is 0 Å². The van der Waals surface area contributed by atoms with Gasteiger partial charge in [-0.15, -0.1) is 0 Å². The highest BCUT2D eigenvalue weighted by Crippen LogP contribution is 2.50. The molecular formula is C26H31ClN4. The summed E-state index contributed by atoms with van der Waals surface area (Å²) < 4.78 is 2.10. The van der Waals surface area contributed by atoms with Crippen molar-refractivity contribution in [3.05, 3.63) is 71.0 Å². The second-order valence-corrected chi connectivity index (χ2v) is 9.83. The van der Waals surface area contributed by atoms with E-state index >= 15 is 0 Å². The molecule has 0 unspecified atom stereocenters. The lowest BCUT2D eigenvalue weighted by molar-refractivity contribution is 0.179. The van der Waals surface area contributed by atoms with E-state index in [0.717, 1.165) is 49.6 Å². The molecule has 0 bridgehead atoms. The maximum absolute atomic E-state index is 6.31. The monoisotopic (exact) mass is 434 g/mol. The summed E-state index contributed by atoms with van der Waals surface area (Å²) in [4.78, 5) is 2.61. The van der Waals surface area contributed by atoms with Crippen molar-refractivity contribution in [2.45, 2.75) is 51.0 Å². The highest BCUT2D eigenvalue weighted by atomic mass is 35.5. The molecule has 3 heterocycles. The zero-order valence-electron chi connectivity index (χ0n) is 18.5. The van der Waals surface area contributed by atoms with Gasteiger partial charge in [0.1, 0.15) is 0 Å². The molecular weight excluding hydrogens is 404 g/mol. The third-order valence-electron chi connectivity index (χ3n) is 7.16. The van der Waals surface area contributed by atoms with Crippen molar-refractivity contribution in [1.29, 1.82) is 0 Å². The number of hydrogen-bond donors (Lipinski definition) is 1. The Morgan fingerprint density at radius 2 is 1.97 bits per heavy atom. The van der Waals surface area contributed by atoms with Crippen LogP contribution in [0.15, 0.2) is 54.9 Å². The molecule has 31 heavy (non-hydrogen) atoms. The van der Waals surface area contributed by atoms with E-state index in [4.69, 9.17) is 11.6 Å². The Hall–Kier alpha value is -2.30. The maximum atomic E-state index is 6.31. The Morgan fingerprint density at radius 3 is 2.74 bits per heavy atom. The molecule has 2 aliphatic rings. The van der Waals surface area contributed by atoms with Gasteiger partial charge in [0.05, 0.1) is 11.7 Å². The fraction of sp³-hybridized carbons (Fsp3) is 0.423. The molecule has 0 amide bonds. The second kappa shape index (κ2) is 7.99. The van der Waals surface area contributed by atoms with Gasteiger partial charge in [0.15, 0.2) is 0 Å². The normalized spacial score (nSPS) is 18.1. The first-order chi connectivity index (χ1) is 15.0. The van der Waals surface area contributed by atoms with Crippen LogP contribution in [-0.4, -0.2) is 34.3 Å². The van der Waals surface area contributed by atoms with Gasteiger partial charge in [0.25, 0.3) is 0 Å². The number of anilines is 1. The molecule has 162 valence electrons. The molecule has 2 aliphatic heterocycles. The maximum Gasteiger partial charge on any atom is 0.0685 e. The minimum absolute atomic E-state index is 0.0400. The number of halogens is 1. The van der Waals surface area contributed by atoms with Gasteiger partial charge in [-0.3, -0.25) is 4.68 Å². The van der Waals surface area contributed by atoms with Gasteiger partial charge in [0, 0.05) is 33.3 Å². The minimum atomic E-state index is 0.0400. The number of allylic oxidation sites excluding steroid dienone is 1. The molecule has 1 saturated heterocycles. The first-order valence-corrected chi connectivity index (χ1v) is 11.8. The molecule has 0 atom stereocenters. The smallest absolute Gasteiger partial charge is 0.0685 e. The number of rotatable bonds is 5. The average molecular weight is 435 g/mol. The van der Waals surface area contributed by atoms with Gasteiger partial charge in [-0.05, 0) is 101 Å². The number of aryl methyl sites for hydroxylation is 1. The SMILES string of the molecule is C=C1Nc2ccc(Cl)cc2C12CCN(CCCc1ccc3c(cnn3C(C)C)c1)CC2. The van der Waals surface area contributed by atoms with Gasteiger partial charge in [-0.2, -0.15) is 5.10 Å². The molecule has 0 aliphatic carbocycles. The third kappa shape index (κ3) is 3.66. The summed E-state index contributed by atoms with van der Waals surface area (Å²) in [5.74, 6) is 0. The molecule has 5 rings (SSSR count). The number of piperidine rings is 1. The van der Waals surface area contributed by atoms with Crippen molar-refractivity contribution in [3.63, 3.8) is 0 Å². The van der Waals surface area contributed by atoms with E-state index in [2.05, 4.69) is 70.8 Å².